The summed E-state index contributed by atoms with van der Waals surface area (Å²) in [5.41, 5.74) is 0. The number of rotatable bonds is 3. The Morgan fingerprint density at radius 1 is 1.75 bits per heavy atom. The van der Waals surface area contributed by atoms with E-state index in [1.165, 1.54) is 4.68 Å². The van der Waals surface area contributed by atoms with Crippen molar-refractivity contribution in [1.29, 1.82) is 0 Å². The number of carbonyl (C=O) groups is 1. The van der Waals surface area contributed by atoms with Crippen LogP contribution >= 0.6 is 11.8 Å². The summed E-state index contributed by atoms with van der Waals surface area (Å²) in [6.45, 7) is 1.68. The number of aromatic nitrogens is 3. The molecule has 0 fully saturated rings. The lowest BCUT2D eigenvalue weighted by molar-refractivity contribution is -0.301. The standard InChI is InChI=1S/C5H8N4O2S/c1-3-7-8-5(9(3)6)12-2-4(10)11/h2,6H2,1H3,(H,10,11)/p-1. The molecule has 0 unspecified atom stereocenters. The zero-order valence-electron chi connectivity index (χ0n) is 6.35. The van der Waals surface area contributed by atoms with E-state index < -0.39 is 5.97 Å². The van der Waals surface area contributed by atoms with Crippen molar-refractivity contribution >= 4 is 17.7 Å². The Bertz CT molecular complexity index is 298. The first kappa shape index (κ1) is 8.85. The van der Waals surface area contributed by atoms with Crippen molar-refractivity contribution in [2.45, 2.75) is 12.1 Å². The molecule has 0 radical (unpaired) electrons. The molecule has 0 aliphatic heterocycles. The highest BCUT2D eigenvalue weighted by molar-refractivity contribution is 7.99. The Kier molecular flexibility index (Phi) is 2.54. The Hall–Kier alpha value is -1.24. The minimum atomic E-state index is -1.15. The second-order valence-corrected chi connectivity index (χ2v) is 3.00. The Balaban J connectivity index is 2.63. The highest BCUT2D eigenvalue weighted by Gasteiger charge is 2.05. The second-order valence-electron chi connectivity index (χ2n) is 2.06. The van der Waals surface area contributed by atoms with E-state index in [0.717, 1.165) is 11.8 Å². The van der Waals surface area contributed by atoms with Crippen molar-refractivity contribution < 1.29 is 9.90 Å². The fourth-order valence-electron chi connectivity index (χ4n) is 0.572. The van der Waals surface area contributed by atoms with Crippen molar-refractivity contribution in [3.63, 3.8) is 0 Å². The third-order valence-corrected chi connectivity index (χ3v) is 2.07. The molecule has 1 heterocycles. The van der Waals surface area contributed by atoms with Gasteiger partial charge in [-0.2, -0.15) is 0 Å². The molecule has 0 bridgehead atoms. The van der Waals surface area contributed by atoms with Crippen LogP contribution in [-0.2, 0) is 4.79 Å². The largest absolute Gasteiger partial charge is 0.549 e. The van der Waals surface area contributed by atoms with Crippen molar-refractivity contribution in [3.05, 3.63) is 5.82 Å². The Morgan fingerprint density at radius 2 is 2.42 bits per heavy atom. The van der Waals surface area contributed by atoms with Crippen LogP contribution in [0, 0.1) is 6.92 Å². The number of carboxylic acid groups (broad SMARTS) is 1. The molecule has 0 spiro atoms. The number of hydrogen-bond acceptors (Lipinski definition) is 6. The average molecular weight is 187 g/mol. The molecule has 1 aromatic rings. The molecule has 2 N–H and O–H groups in total. The number of aliphatic carboxylic acids is 1. The van der Waals surface area contributed by atoms with Gasteiger partial charge in [-0.1, -0.05) is 11.8 Å². The topological polar surface area (TPSA) is 96.9 Å². The number of nitrogens with zero attached hydrogens (tertiary/aromatic N) is 3. The van der Waals surface area contributed by atoms with Crippen LogP contribution in [0.1, 0.15) is 5.82 Å². The van der Waals surface area contributed by atoms with E-state index in [2.05, 4.69) is 10.2 Å². The molecule has 0 atom stereocenters. The van der Waals surface area contributed by atoms with Gasteiger partial charge in [0.2, 0.25) is 5.16 Å². The molecule has 1 rings (SSSR count). The van der Waals surface area contributed by atoms with Gasteiger partial charge >= 0.3 is 0 Å². The molecule has 0 amide bonds. The van der Waals surface area contributed by atoms with E-state index in [1.54, 1.807) is 6.92 Å². The first-order chi connectivity index (χ1) is 5.61. The molecule has 12 heavy (non-hydrogen) atoms. The molecular weight excluding hydrogens is 180 g/mol. The number of carbonyl (C=O) groups excluding carboxylic acids is 1. The zero-order chi connectivity index (χ0) is 9.14. The van der Waals surface area contributed by atoms with Crippen molar-refractivity contribution in [1.82, 2.24) is 14.9 Å². The van der Waals surface area contributed by atoms with Gasteiger partial charge in [0, 0.05) is 5.75 Å². The minimum Gasteiger partial charge on any atom is -0.549 e. The SMILES string of the molecule is Cc1nnc(SCC(=O)[O-])n1N. The number of nitrogens with two attached hydrogens (primary N) is 1. The van der Waals surface area contributed by atoms with Crippen LogP contribution in [0.5, 0.6) is 0 Å². The first-order valence-corrected chi connectivity index (χ1v) is 4.09. The predicted molar refractivity (Wildman–Crippen MR) is 40.6 cm³/mol. The number of hydrogen-bond donors (Lipinski definition) is 1. The summed E-state index contributed by atoms with van der Waals surface area (Å²) in [5, 5.41) is 17.7. The highest BCUT2D eigenvalue weighted by atomic mass is 32.2. The fourth-order valence-corrected chi connectivity index (χ4v) is 1.19. The minimum absolute atomic E-state index is 0.171. The summed E-state index contributed by atoms with van der Waals surface area (Å²) < 4.78 is 1.23. The molecular formula is C5H7N4O2S-. The molecule has 66 valence electrons. The molecule has 0 saturated carbocycles. The van der Waals surface area contributed by atoms with Crippen LogP contribution in [0.2, 0.25) is 0 Å². The summed E-state index contributed by atoms with van der Waals surface area (Å²) >= 11 is 0.978. The van der Waals surface area contributed by atoms with Gasteiger partial charge in [-0.15, -0.1) is 10.2 Å². The van der Waals surface area contributed by atoms with Crippen LogP contribution in [0.4, 0.5) is 0 Å². The maximum Gasteiger partial charge on any atom is 0.210 e. The lowest BCUT2D eigenvalue weighted by Gasteiger charge is -2.00. The quantitative estimate of drug-likeness (QED) is 0.440. The van der Waals surface area contributed by atoms with E-state index in [-0.39, 0.29) is 5.75 Å². The molecule has 0 aliphatic carbocycles. The third kappa shape index (κ3) is 1.88. The normalized spacial score (nSPS) is 10.1. The number of nitrogen functional groups attached to an aromatic ring is 1. The van der Waals surface area contributed by atoms with Gasteiger partial charge in [-0.25, -0.2) is 4.68 Å². The second kappa shape index (κ2) is 3.44. The number of carboxylic acids is 1. The van der Waals surface area contributed by atoms with Gasteiger partial charge < -0.3 is 15.7 Å². The van der Waals surface area contributed by atoms with Crippen molar-refractivity contribution in [2.75, 3.05) is 11.6 Å². The van der Waals surface area contributed by atoms with E-state index in [9.17, 15) is 9.90 Å². The van der Waals surface area contributed by atoms with E-state index in [1.807, 2.05) is 0 Å². The maximum absolute atomic E-state index is 10.1. The van der Waals surface area contributed by atoms with E-state index in [0.29, 0.717) is 11.0 Å². The molecule has 0 aliphatic rings. The van der Waals surface area contributed by atoms with Crippen LogP contribution in [0.15, 0.2) is 5.16 Å². The van der Waals surface area contributed by atoms with E-state index >= 15 is 0 Å². The lowest BCUT2D eigenvalue weighted by Crippen LogP contribution is -2.24. The highest BCUT2D eigenvalue weighted by Crippen LogP contribution is 2.12. The third-order valence-electron chi connectivity index (χ3n) is 1.15. The molecule has 6 nitrogen and oxygen atoms in total. The molecule has 7 heteroatoms. The van der Waals surface area contributed by atoms with Crippen molar-refractivity contribution in [3.8, 4) is 0 Å². The monoisotopic (exact) mass is 187 g/mol. The van der Waals surface area contributed by atoms with Crippen LogP contribution in [-0.4, -0.2) is 26.6 Å². The molecule has 0 aromatic carbocycles. The summed E-state index contributed by atoms with van der Waals surface area (Å²) in [5.74, 6) is 4.66. The maximum atomic E-state index is 10.1. The van der Waals surface area contributed by atoms with Gasteiger partial charge in [-0.05, 0) is 6.92 Å². The van der Waals surface area contributed by atoms with Crippen LogP contribution in [0.3, 0.4) is 0 Å². The predicted octanol–water partition coefficient (Wildman–Crippen LogP) is -1.86. The number of thioether (sulfide) groups is 1. The smallest absolute Gasteiger partial charge is 0.210 e. The molecule has 0 saturated heterocycles. The zero-order valence-corrected chi connectivity index (χ0v) is 7.17. The summed E-state index contributed by atoms with van der Waals surface area (Å²) in [7, 11) is 0. The first-order valence-electron chi connectivity index (χ1n) is 3.11. The van der Waals surface area contributed by atoms with Crippen molar-refractivity contribution in [2.24, 2.45) is 0 Å². The Labute approximate surface area is 72.7 Å². The van der Waals surface area contributed by atoms with Gasteiger partial charge in [0.25, 0.3) is 0 Å². The van der Waals surface area contributed by atoms with Gasteiger partial charge in [0.1, 0.15) is 5.82 Å². The average Bonchev–Trinajstić information content (AvgIpc) is 2.30. The van der Waals surface area contributed by atoms with Gasteiger partial charge in [0.05, 0.1) is 5.97 Å². The summed E-state index contributed by atoms with van der Waals surface area (Å²) in [6, 6.07) is 0. The summed E-state index contributed by atoms with van der Waals surface area (Å²) in [4.78, 5) is 10.1. The lowest BCUT2D eigenvalue weighted by atomic mass is 10.7. The van der Waals surface area contributed by atoms with Gasteiger partial charge in [-0.3, -0.25) is 0 Å². The Morgan fingerprint density at radius 3 is 2.83 bits per heavy atom. The molecule has 1 aromatic heterocycles. The van der Waals surface area contributed by atoms with Crippen LogP contribution in [0.25, 0.3) is 0 Å². The number of aryl methyl sites for hydroxylation is 1. The van der Waals surface area contributed by atoms with E-state index in [4.69, 9.17) is 5.84 Å². The summed E-state index contributed by atoms with van der Waals surface area (Å²) in [6.07, 6.45) is 0. The fraction of sp³-hybridized carbons (Fsp3) is 0.400. The van der Waals surface area contributed by atoms with Gasteiger partial charge in [0.15, 0.2) is 0 Å². The van der Waals surface area contributed by atoms with Crippen LogP contribution < -0.4 is 10.9 Å².